The molecule has 2 aromatic rings. The summed E-state index contributed by atoms with van der Waals surface area (Å²) >= 11 is 5.96. The van der Waals surface area contributed by atoms with Crippen LogP contribution in [0.3, 0.4) is 0 Å². The van der Waals surface area contributed by atoms with Gasteiger partial charge in [0, 0.05) is 11.4 Å². The number of amides is 2. The number of nitrogens with one attached hydrogen (secondary N) is 2. The minimum atomic E-state index is -0.894. The standard InChI is InChI=1S/C17H15ClN2O5/c1-24-14-7-6-12(9-13(14)18)20-16(22)15(21)19-11-5-3-4-10(8-11)17(23)25-2/h3-9H,1-2H3,(H,19,21)(H,20,22). The first-order valence-corrected chi connectivity index (χ1v) is 7.46. The lowest BCUT2D eigenvalue weighted by Gasteiger charge is -2.09. The van der Waals surface area contributed by atoms with Crippen LogP contribution in [0.15, 0.2) is 42.5 Å². The summed E-state index contributed by atoms with van der Waals surface area (Å²) in [5, 5.41) is 5.12. The van der Waals surface area contributed by atoms with Crippen LogP contribution in [0.5, 0.6) is 5.75 Å². The van der Waals surface area contributed by atoms with Crippen molar-refractivity contribution >= 4 is 40.8 Å². The monoisotopic (exact) mass is 362 g/mol. The smallest absolute Gasteiger partial charge is 0.337 e. The molecule has 7 nitrogen and oxygen atoms in total. The zero-order chi connectivity index (χ0) is 18.4. The molecule has 0 saturated heterocycles. The molecule has 0 atom stereocenters. The predicted octanol–water partition coefficient (Wildman–Crippen LogP) is 2.71. The minimum absolute atomic E-state index is 0.252. The lowest BCUT2D eigenvalue weighted by Crippen LogP contribution is -2.29. The van der Waals surface area contributed by atoms with Crippen molar-refractivity contribution < 1.29 is 23.9 Å². The molecule has 0 aliphatic heterocycles. The Kier molecular flexibility index (Phi) is 5.97. The van der Waals surface area contributed by atoms with Gasteiger partial charge in [0.25, 0.3) is 0 Å². The molecule has 0 aromatic heterocycles. The fourth-order valence-corrected chi connectivity index (χ4v) is 2.22. The Labute approximate surface area is 148 Å². The van der Waals surface area contributed by atoms with Gasteiger partial charge in [-0.25, -0.2) is 4.79 Å². The highest BCUT2D eigenvalue weighted by Gasteiger charge is 2.16. The Morgan fingerprint density at radius 3 is 2.12 bits per heavy atom. The van der Waals surface area contributed by atoms with Crippen molar-refractivity contribution in [3.05, 3.63) is 53.1 Å². The molecular weight excluding hydrogens is 348 g/mol. The summed E-state index contributed by atoms with van der Waals surface area (Å²) in [5.41, 5.74) is 0.882. The van der Waals surface area contributed by atoms with Gasteiger partial charge in [0.15, 0.2) is 0 Å². The van der Waals surface area contributed by atoms with Crippen molar-refractivity contribution in [1.82, 2.24) is 0 Å². The van der Waals surface area contributed by atoms with Crippen LogP contribution in [-0.4, -0.2) is 32.0 Å². The van der Waals surface area contributed by atoms with Gasteiger partial charge >= 0.3 is 17.8 Å². The van der Waals surface area contributed by atoms with Crippen molar-refractivity contribution in [2.75, 3.05) is 24.9 Å². The summed E-state index contributed by atoms with van der Waals surface area (Å²) in [5.74, 6) is -1.88. The molecule has 2 aromatic carbocycles. The zero-order valence-electron chi connectivity index (χ0n) is 13.5. The summed E-state index contributed by atoms with van der Waals surface area (Å²) in [6.07, 6.45) is 0. The highest BCUT2D eigenvalue weighted by molar-refractivity contribution is 6.43. The average Bonchev–Trinajstić information content (AvgIpc) is 2.61. The summed E-state index contributed by atoms with van der Waals surface area (Å²) in [6, 6.07) is 10.6. The third-order valence-corrected chi connectivity index (χ3v) is 3.45. The maximum Gasteiger partial charge on any atom is 0.337 e. The molecule has 25 heavy (non-hydrogen) atoms. The van der Waals surface area contributed by atoms with Crippen molar-refractivity contribution in [2.45, 2.75) is 0 Å². The fraction of sp³-hybridized carbons (Fsp3) is 0.118. The van der Waals surface area contributed by atoms with Crippen LogP contribution < -0.4 is 15.4 Å². The largest absolute Gasteiger partial charge is 0.495 e. The van der Waals surface area contributed by atoms with Crippen LogP contribution >= 0.6 is 11.6 Å². The first-order chi connectivity index (χ1) is 11.9. The van der Waals surface area contributed by atoms with Gasteiger partial charge in [-0.05, 0) is 36.4 Å². The number of hydrogen-bond acceptors (Lipinski definition) is 5. The average molecular weight is 363 g/mol. The van der Waals surface area contributed by atoms with E-state index in [4.69, 9.17) is 16.3 Å². The number of benzene rings is 2. The molecule has 8 heteroatoms. The van der Waals surface area contributed by atoms with Crippen molar-refractivity contribution in [2.24, 2.45) is 0 Å². The van der Waals surface area contributed by atoms with Crippen LogP contribution in [-0.2, 0) is 14.3 Å². The number of rotatable bonds is 4. The summed E-state index contributed by atoms with van der Waals surface area (Å²) in [4.78, 5) is 35.4. The van der Waals surface area contributed by atoms with E-state index in [2.05, 4.69) is 15.4 Å². The lowest BCUT2D eigenvalue weighted by atomic mass is 10.2. The first kappa shape index (κ1) is 18.3. The summed E-state index contributed by atoms with van der Waals surface area (Å²) in [6.45, 7) is 0. The Hall–Kier alpha value is -3.06. The van der Waals surface area contributed by atoms with Crippen LogP contribution in [0.4, 0.5) is 11.4 Å². The maximum absolute atomic E-state index is 12.0. The van der Waals surface area contributed by atoms with Crippen LogP contribution in [0.25, 0.3) is 0 Å². The Balaban J connectivity index is 2.04. The molecule has 130 valence electrons. The topological polar surface area (TPSA) is 93.7 Å². The van der Waals surface area contributed by atoms with E-state index in [0.29, 0.717) is 16.5 Å². The SMILES string of the molecule is COC(=O)c1cccc(NC(=O)C(=O)Nc2ccc(OC)c(Cl)c2)c1. The molecule has 0 bridgehead atoms. The number of anilines is 2. The van der Waals surface area contributed by atoms with Gasteiger partial charge in [-0.2, -0.15) is 0 Å². The molecule has 0 fully saturated rings. The fourth-order valence-electron chi connectivity index (χ4n) is 1.96. The molecule has 0 saturated carbocycles. The highest BCUT2D eigenvalue weighted by atomic mass is 35.5. The van der Waals surface area contributed by atoms with Crippen LogP contribution in [0, 0.1) is 0 Å². The lowest BCUT2D eigenvalue weighted by molar-refractivity contribution is -0.132. The second kappa shape index (κ2) is 8.16. The third kappa shape index (κ3) is 4.71. The van der Waals surface area contributed by atoms with Gasteiger partial charge in [-0.3, -0.25) is 9.59 Å². The number of hydrogen-bond donors (Lipinski definition) is 2. The Morgan fingerprint density at radius 1 is 0.920 bits per heavy atom. The molecule has 2 amide bonds. The number of halogens is 1. The minimum Gasteiger partial charge on any atom is -0.495 e. The summed E-state index contributed by atoms with van der Waals surface area (Å²) < 4.78 is 9.61. The number of esters is 1. The molecule has 0 aliphatic carbocycles. The molecule has 0 spiro atoms. The molecule has 0 aliphatic rings. The quantitative estimate of drug-likeness (QED) is 0.644. The highest BCUT2D eigenvalue weighted by Crippen LogP contribution is 2.27. The molecule has 2 N–H and O–H groups in total. The Morgan fingerprint density at radius 2 is 1.56 bits per heavy atom. The van der Waals surface area contributed by atoms with E-state index in [1.165, 1.54) is 32.4 Å². The number of carbonyl (C=O) groups excluding carboxylic acids is 3. The van der Waals surface area contributed by atoms with Gasteiger partial charge in [0.2, 0.25) is 0 Å². The van der Waals surface area contributed by atoms with Crippen molar-refractivity contribution in [3.8, 4) is 5.75 Å². The molecule has 2 rings (SSSR count). The van der Waals surface area contributed by atoms with E-state index in [1.54, 1.807) is 24.3 Å². The van der Waals surface area contributed by atoms with Gasteiger partial charge in [-0.1, -0.05) is 17.7 Å². The van der Waals surface area contributed by atoms with E-state index in [-0.39, 0.29) is 11.3 Å². The molecule has 0 heterocycles. The molecule has 0 unspecified atom stereocenters. The van der Waals surface area contributed by atoms with Crippen molar-refractivity contribution in [3.63, 3.8) is 0 Å². The number of carbonyl (C=O) groups is 3. The van der Waals surface area contributed by atoms with E-state index in [0.717, 1.165) is 0 Å². The second-order valence-corrected chi connectivity index (χ2v) is 5.24. The Bertz CT molecular complexity index is 822. The number of methoxy groups -OCH3 is 2. The summed E-state index contributed by atoms with van der Waals surface area (Å²) in [7, 11) is 2.72. The first-order valence-electron chi connectivity index (χ1n) is 7.09. The normalized spacial score (nSPS) is 9.88. The van der Waals surface area contributed by atoms with Crippen molar-refractivity contribution in [1.29, 1.82) is 0 Å². The van der Waals surface area contributed by atoms with Gasteiger partial charge in [0.05, 0.1) is 24.8 Å². The molecular formula is C17H15ClN2O5. The maximum atomic E-state index is 12.0. The van der Waals surface area contributed by atoms with Gasteiger partial charge in [-0.15, -0.1) is 0 Å². The van der Waals surface area contributed by atoms with E-state index in [1.807, 2.05) is 0 Å². The second-order valence-electron chi connectivity index (χ2n) is 4.83. The van der Waals surface area contributed by atoms with Crippen LogP contribution in [0.1, 0.15) is 10.4 Å². The third-order valence-electron chi connectivity index (χ3n) is 3.16. The van der Waals surface area contributed by atoms with Crippen LogP contribution in [0.2, 0.25) is 5.02 Å². The van der Waals surface area contributed by atoms with Gasteiger partial charge < -0.3 is 20.1 Å². The predicted molar refractivity (Wildman–Crippen MR) is 93.0 cm³/mol. The molecule has 0 radical (unpaired) electrons. The number of ether oxygens (including phenoxy) is 2. The van der Waals surface area contributed by atoms with E-state index < -0.39 is 17.8 Å². The van der Waals surface area contributed by atoms with Gasteiger partial charge in [0.1, 0.15) is 5.75 Å². The zero-order valence-corrected chi connectivity index (χ0v) is 14.2. The van der Waals surface area contributed by atoms with E-state index >= 15 is 0 Å². The van der Waals surface area contributed by atoms with E-state index in [9.17, 15) is 14.4 Å².